The van der Waals surface area contributed by atoms with Crippen molar-refractivity contribution in [1.29, 1.82) is 0 Å². The number of rotatable bonds is 20. The minimum Gasteiger partial charge on any atom is -0.462 e. The summed E-state index contributed by atoms with van der Waals surface area (Å²) in [7, 11) is -3.50. The van der Waals surface area contributed by atoms with Crippen molar-refractivity contribution in [3.8, 4) is 0 Å². The Labute approximate surface area is 231 Å². The van der Waals surface area contributed by atoms with Crippen molar-refractivity contribution in [2.75, 3.05) is 26.4 Å². The predicted molar refractivity (Wildman–Crippen MR) is 157 cm³/mol. The molecule has 0 radical (unpaired) electrons. The van der Waals surface area contributed by atoms with E-state index in [2.05, 4.69) is 45.9 Å². The fraction of sp³-hybridized carbons (Fsp3) is 0.581. The van der Waals surface area contributed by atoms with Gasteiger partial charge in [-0.05, 0) is 105 Å². The lowest BCUT2D eigenvalue weighted by Crippen LogP contribution is -2.10. The van der Waals surface area contributed by atoms with Crippen LogP contribution in [0.4, 0.5) is 0 Å². The van der Waals surface area contributed by atoms with Crippen molar-refractivity contribution < 1.29 is 27.7 Å². The van der Waals surface area contributed by atoms with Gasteiger partial charge in [-0.25, -0.2) is 9.36 Å². The smallest absolute Gasteiger partial charge is 0.462 e. The van der Waals surface area contributed by atoms with E-state index in [1.807, 2.05) is 24.3 Å². The maximum absolute atomic E-state index is 12.7. The Hall–Kier alpha value is -1.98. The molecule has 1 aromatic carbocycles. The summed E-state index contributed by atoms with van der Waals surface area (Å²) < 4.78 is 33.3. The Morgan fingerprint density at radius 3 is 2.00 bits per heavy atom. The summed E-state index contributed by atoms with van der Waals surface area (Å²) in [4.78, 5) is 12.7. The summed E-state index contributed by atoms with van der Waals surface area (Å²) >= 11 is 0. The molecule has 0 fully saturated rings. The molecule has 0 saturated carbocycles. The first-order chi connectivity index (χ1) is 18.2. The quantitative estimate of drug-likeness (QED) is 0.0700. The van der Waals surface area contributed by atoms with Gasteiger partial charge in [0.25, 0.3) is 0 Å². The van der Waals surface area contributed by atoms with Crippen LogP contribution in [0.3, 0.4) is 0 Å². The molecule has 214 valence electrons. The average Bonchev–Trinajstić information content (AvgIpc) is 2.86. The van der Waals surface area contributed by atoms with Crippen LogP contribution in [0.15, 0.2) is 59.2 Å². The Morgan fingerprint density at radius 2 is 1.37 bits per heavy atom. The second-order valence-electron chi connectivity index (χ2n) is 9.61. The van der Waals surface area contributed by atoms with Crippen molar-refractivity contribution in [1.82, 2.24) is 0 Å². The van der Waals surface area contributed by atoms with E-state index in [0.29, 0.717) is 18.4 Å². The molecule has 0 bridgehead atoms. The normalized spacial score (nSPS) is 12.5. The van der Waals surface area contributed by atoms with E-state index < -0.39 is 7.82 Å². The van der Waals surface area contributed by atoms with Crippen molar-refractivity contribution in [2.45, 2.75) is 92.9 Å². The SMILES string of the molecule is CCOP(=O)(OCC)OCCCCOC(=O)c1ccccc1CC/C=C(\C)CC/C=C(\C)CCC=C(C)C. The third-order valence-corrected chi connectivity index (χ3v) is 7.51. The van der Waals surface area contributed by atoms with Crippen LogP contribution in [0.1, 0.15) is 102 Å². The van der Waals surface area contributed by atoms with Crippen LogP contribution in [0, 0.1) is 0 Å². The summed E-state index contributed by atoms with van der Waals surface area (Å²) in [6.45, 7) is 13.1. The molecule has 1 aromatic rings. The fourth-order valence-corrected chi connectivity index (χ4v) is 5.01. The largest absolute Gasteiger partial charge is 0.474 e. The Bertz CT molecular complexity index is 949. The minimum atomic E-state index is -3.50. The molecular weight excluding hydrogens is 499 g/mol. The summed E-state index contributed by atoms with van der Waals surface area (Å²) in [5.74, 6) is -0.315. The maximum atomic E-state index is 12.7. The highest BCUT2D eigenvalue weighted by atomic mass is 31.2. The van der Waals surface area contributed by atoms with E-state index >= 15 is 0 Å². The zero-order valence-corrected chi connectivity index (χ0v) is 25.3. The molecule has 38 heavy (non-hydrogen) atoms. The van der Waals surface area contributed by atoms with E-state index in [0.717, 1.165) is 44.1 Å². The summed E-state index contributed by atoms with van der Waals surface area (Å²) in [5.41, 5.74) is 5.81. The molecule has 0 aliphatic heterocycles. The van der Waals surface area contributed by atoms with E-state index in [9.17, 15) is 9.36 Å². The van der Waals surface area contributed by atoms with Gasteiger partial charge in [-0.3, -0.25) is 13.6 Å². The second-order valence-corrected chi connectivity index (χ2v) is 11.3. The van der Waals surface area contributed by atoms with Crippen LogP contribution in [0.2, 0.25) is 0 Å². The average molecular weight is 549 g/mol. The van der Waals surface area contributed by atoms with E-state index in [-0.39, 0.29) is 32.4 Å². The van der Waals surface area contributed by atoms with Crippen LogP contribution in [-0.2, 0) is 29.3 Å². The Kier molecular flexibility index (Phi) is 17.9. The number of carbonyl (C=O) groups is 1. The molecule has 0 aromatic heterocycles. The molecular formula is C31H49O6P. The van der Waals surface area contributed by atoms with Gasteiger partial charge in [-0.15, -0.1) is 0 Å². The summed E-state index contributed by atoms with van der Waals surface area (Å²) in [6, 6.07) is 7.63. The van der Waals surface area contributed by atoms with Crippen LogP contribution >= 0.6 is 7.82 Å². The highest BCUT2D eigenvalue weighted by Crippen LogP contribution is 2.49. The summed E-state index contributed by atoms with van der Waals surface area (Å²) in [6.07, 6.45) is 14.1. The van der Waals surface area contributed by atoms with Crippen LogP contribution in [-0.4, -0.2) is 32.4 Å². The molecule has 0 aliphatic carbocycles. The number of esters is 1. The van der Waals surface area contributed by atoms with Crippen molar-refractivity contribution >= 4 is 13.8 Å². The zero-order valence-electron chi connectivity index (χ0n) is 24.4. The zero-order chi connectivity index (χ0) is 28.2. The predicted octanol–water partition coefficient (Wildman–Crippen LogP) is 9.17. The first-order valence-corrected chi connectivity index (χ1v) is 15.4. The van der Waals surface area contributed by atoms with Gasteiger partial charge in [0.2, 0.25) is 0 Å². The number of aryl methyl sites for hydroxylation is 1. The lowest BCUT2D eigenvalue weighted by molar-refractivity contribution is 0.0486. The van der Waals surface area contributed by atoms with Crippen LogP contribution < -0.4 is 0 Å². The third kappa shape index (κ3) is 15.4. The minimum absolute atomic E-state index is 0.211. The highest BCUT2D eigenvalue weighted by molar-refractivity contribution is 7.48. The molecule has 0 aliphatic rings. The van der Waals surface area contributed by atoms with Crippen molar-refractivity contribution in [2.24, 2.45) is 0 Å². The van der Waals surface area contributed by atoms with Gasteiger partial charge in [-0.1, -0.05) is 53.1 Å². The monoisotopic (exact) mass is 548 g/mol. The molecule has 7 heteroatoms. The van der Waals surface area contributed by atoms with E-state index in [4.69, 9.17) is 18.3 Å². The second kappa shape index (κ2) is 20.0. The molecule has 0 saturated heterocycles. The molecule has 0 atom stereocenters. The number of phosphoric acid groups is 1. The third-order valence-electron chi connectivity index (χ3n) is 5.86. The highest BCUT2D eigenvalue weighted by Gasteiger charge is 2.24. The first-order valence-electron chi connectivity index (χ1n) is 13.9. The van der Waals surface area contributed by atoms with Gasteiger partial charge >= 0.3 is 13.8 Å². The van der Waals surface area contributed by atoms with Gasteiger partial charge in [0.15, 0.2) is 0 Å². The van der Waals surface area contributed by atoms with Gasteiger partial charge in [0.1, 0.15) is 0 Å². The standard InChI is InChI=1S/C31H49O6P/c1-7-35-38(33,36-8-2)37-25-12-11-24-34-31(32)30-23-10-9-21-29(30)22-15-20-28(6)19-14-18-27(5)17-13-16-26(3)4/h9-10,16,18,20-21,23H,7-8,11-15,17,19,22,24-25H2,1-6H3/b27-18+,28-20+. The molecule has 0 amide bonds. The van der Waals surface area contributed by atoms with Gasteiger partial charge in [-0.2, -0.15) is 0 Å². The van der Waals surface area contributed by atoms with Crippen LogP contribution in [0.5, 0.6) is 0 Å². The number of unbranched alkanes of at least 4 members (excludes halogenated alkanes) is 1. The molecule has 0 spiro atoms. The Balaban J connectivity index is 2.42. The number of hydrogen-bond acceptors (Lipinski definition) is 6. The lowest BCUT2D eigenvalue weighted by Gasteiger charge is -2.16. The van der Waals surface area contributed by atoms with Gasteiger partial charge in [0.05, 0.1) is 32.0 Å². The number of phosphoric ester groups is 1. The van der Waals surface area contributed by atoms with E-state index in [1.165, 1.54) is 16.7 Å². The number of allylic oxidation sites excluding steroid dienone is 6. The summed E-state index contributed by atoms with van der Waals surface area (Å²) in [5, 5.41) is 0. The van der Waals surface area contributed by atoms with Gasteiger partial charge in [0, 0.05) is 0 Å². The van der Waals surface area contributed by atoms with Gasteiger partial charge < -0.3 is 4.74 Å². The lowest BCUT2D eigenvalue weighted by atomic mass is 10.0. The number of ether oxygens (including phenoxy) is 1. The van der Waals surface area contributed by atoms with Crippen LogP contribution in [0.25, 0.3) is 0 Å². The first kappa shape index (κ1) is 34.0. The molecule has 0 unspecified atom stereocenters. The number of carbonyl (C=O) groups excluding carboxylic acids is 1. The molecule has 0 N–H and O–H groups in total. The molecule has 1 rings (SSSR count). The van der Waals surface area contributed by atoms with Crippen molar-refractivity contribution in [3.63, 3.8) is 0 Å². The fourth-order valence-electron chi connectivity index (χ4n) is 3.80. The maximum Gasteiger partial charge on any atom is 0.474 e. The molecule has 0 heterocycles. The van der Waals surface area contributed by atoms with E-state index in [1.54, 1.807) is 13.8 Å². The topological polar surface area (TPSA) is 71.1 Å². The number of hydrogen-bond donors (Lipinski definition) is 0. The molecule has 6 nitrogen and oxygen atoms in total. The Morgan fingerprint density at radius 1 is 0.789 bits per heavy atom. The van der Waals surface area contributed by atoms with Crippen molar-refractivity contribution in [3.05, 3.63) is 70.3 Å². The number of benzene rings is 1.